The van der Waals surface area contributed by atoms with Crippen LogP contribution in [0.1, 0.15) is 23.3 Å². The Morgan fingerprint density at radius 3 is 1.97 bits per heavy atom. The maximum atomic E-state index is 6.05. The number of hydrogen-bond acceptors (Lipinski definition) is 7. The molecule has 0 bridgehead atoms. The number of anilines is 2. The number of morpholine rings is 2. The minimum absolute atomic E-state index is 0.00100. The second-order valence-electron chi connectivity index (χ2n) is 7.99. The Kier molecular flexibility index (Phi) is 6.18. The van der Waals surface area contributed by atoms with Gasteiger partial charge in [-0.3, -0.25) is 0 Å². The molecule has 2 saturated heterocycles. The van der Waals surface area contributed by atoms with Crippen LogP contribution in [-0.2, 0) is 9.47 Å². The average molecular weight is 433 g/mol. The van der Waals surface area contributed by atoms with E-state index in [1.165, 1.54) is 11.1 Å². The zero-order valence-corrected chi connectivity index (χ0v) is 18.3. The summed E-state index contributed by atoms with van der Waals surface area (Å²) in [6, 6.07) is 20.6. The van der Waals surface area contributed by atoms with Crippen molar-refractivity contribution in [3.8, 4) is 5.75 Å². The van der Waals surface area contributed by atoms with Crippen LogP contribution in [0, 0.1) is 0 Å². The van der Waals surface area contributed by atoms with Crippen LogP contribution < -0.4 is 14.5 Å². The van der Waals surface area contributed by atoms with Crippen LogP contribution in [0.4, 0.5) is 11.8 Å². The van der Waals surface area contributed by atoms with Crippen molar-refractivity contribution in [3.63, 3.8) is 0 Å². The summed E-state index contributed by atoms with van der Waals surface area (Å²) in [5, 5.41) is 0. The quantitative estimate of drug-likeness (QED) is 0.610. The van der Waals surface area contributed by atoms with Crippen LogP contribution in [0.25, 0.3) is 0 Å². The molecule has 3 heterocycles. The van der Waals surface area contributed by atoms with Gasteiger partial charge in [0.2, 0.25) is 5.95 Å². The highest BCUT2D eigenvalue weighted by Gasteiger charge is 2.28. The molecular weight excluding hydrogens is 404 g/mol. The number of hydrogen-bond donors (Lipinski definition) is 0. The molecule has 0 spiro atoms. The Hall–Kier alpha value is -3.16. The Morgan fingerprint density at radius 1 is 0.812 bits per heavy atom. The highest BCUT2D eigenvalue weighted by molar-refractivity contribution is 5.55. The summed E-state index contributed by atoms with van der Waals surface area (Å²) in [7, 11) is 1.66. The molecule has 2 aliphatic heterocycles. The normalized spacial score (nSPS) is 21.4. The first-order valence-electron chi connectivity index (χ1n) is 11.1. The van der Waals surface area contributed by atoms with Crippen molar-refractivity contribution < 1.29 is 14.2 Å². The van der Waals surface area contributed by atoms with Crippen molar-refractivity contribution in [2.45, 2.75) is 12.2 Å². The van der Waals surface area contributed by atoms with Gasteiger partial charge in [0.25, 0.3) is 0 Å². The fourth-order valence-corrected chi connectivity index (χ4v) is 4.29. The molecule has 0 N–H and O–H groups in total. The zero-order chi connectivity index (χ0) is 21.8. The maximum absolute atomic E-state index is 6.05. The number of aromatic nitrogens is 2. The van der Waals surface area contributed by atoms with Gasteiger partial charge < -0.3 is 24.0 Å². The maximum Gasteiger partial charge on any atom is 0.227 e. The molecule has 166 valence electrons. The summed E-state index contributed by atoms with van der Waals surface area (Å²) in [6.45, 7) is 4.21. The van der Waals surface area contributed by atoms with E-state index in [2.05, 4.69) is 39.0 Å². The van der Waals surface area contributed by atoms with Crippen molar-refractivity contribution >= 4 is 11.8 Å². The monoisotopic (exact) mass is 432 g/mol. The van der Waals surface area contributed by atoms with E-state index >= 15 is 0 Å². The van der Waals surface area contributed by atoms with Gasteiger partial charge in [-0.15, -0.1) is 0 Å². The molecule has 0 saturated carbocycles. The Labute approximate surface area is 188 Å². The second-order valence-corrected chi connectivity index (χ2v) is 7.99. The summed E-state index contributed by atoms with van der Waals surface area (Å²) in [5.41, 5.74) is 2.34. The highest BCUT2D eigenvalue weighted by atomic mass is 16.5. The fourth-order valence-electron chi connectivity index (χ4n) is 4.29. The van der Waals surface area contributed by atoms with Gasteiger partial charge in [0, 0.05) is 19.6 Å². The van der Waals surface area contributed by atoms with Gasteiger partial charge >= 0.3 is 0 Å². The second kappa shape index (κ2) is 9.54. The standard InChI is InChI=1S/C25H28N4O3/c1-30-21-16-26-25(29-13-15-32-23(18-29)20-10-6-3-7-11-20)27-24(21)28-12-14-31-22(17-28)19-8-4-2-5-9-19/h2-11,16,22-23H,12-15,17-18H2,1H3/t22-,23-/m0/s1. The van der Waals surface area contributed by atoms with Crippen molar-refractivity contribution in [2.75, 3.05) is 56.3 Å². The van der Waals surface area contributed by atoms with Crippen LogP contribution in [0.5, 0.6) is 5.75 Å². The van der Waals surface area contributed by atoms with E-state index in [0.29, 0.717) is 38.0 Å². The molecule has 0 aliphatic carbocycles. The SMILES string of the molecule is COc1cnc(N2CCO[C@H](c3ccccc3)C2)nc1N1CCO[C@H](c2ccccc2)C1. The van der Waals surface area contributed by atoms with Gasteiger partial charge in [-0.25, -0.2) is 4.98 Å². The molecule has 2 fully saturated rings. The summed E-state index contributed by atoms with van der Waals surface area (Å²) in [6.07, 6.45) is 1.78. The first-order valence-corrected chi connectivity index (χ1v) is 11.1. The van der Waals surface area contributed by atoms with E-state index in [-0.39, 0.29) is 12.2 Å². The minimum Gasteiger partial charge on any atom is -0.491 e. The first-order chi connectivity index (χ1) is 15.8. The average Bonchev–Trinajstić information content (AvgIpc) is 2.89. The lowest BCUT2D eigenvalue weighted by atomic mass is 10.1. The molecule has 7 nitrogen and oxygen atoms in total. The van der Waals surface area contributed by atoms with Crippen molar-refractivity contribution in [2.24, 2.45) is 0 Å². The van der Waals surface area contributed by atoms with E-state index in [0.717, 1.165) is 18.9 Å². The Balaban J connectivity index is 1.38. The van der Waals surface area contributed by atoms with E-state index in [9.17, 15) is 0 Å². The van der Waals surface area contributed by atoms with Gasteiger partial charge in [-0.1, -0.05) is 60.7 Å². The molecule has 32 heavy (non-hydrogen) atoms. The topological polar surface area (TPSA) is 60.0 Å². The Morgan fingerprint density at radius 2 is 1.38 bits per heavy atom. The summed E-state index contributed by atoms with van der Waals surface area (Å²) >= 11 is 0. The number of nitrogens with zero attached hydrogens (tertiary/aromatic N) is 4. The lowest BCUT2D eigenvalue weighted by Crippen LogP contribution is -2.41. The zero-order valence-electron chi connectivity index (χ0n) is 18.3. The summed E-state index contributed by atoms with van der Waals surface area (Å²) in [4.78, 5) is 14.0. The van der Waals surface area contributed by atoms with Crippen molar-refractivity contribution in [1.82, 2.24) is 9.97 Å². The van der Waals surface area contributed by atoms with Gasteiger partial charge in [0.15, 0.2) is 11.6 Å². The van der Waals surface area contributed by atoms with Crippen LogP contribution in [-0.4, -0.2) is 56.5 Å². The molecule has 0 radical (unpaired) electrons. The third-order valence-corrected chi connectivity index (χ3v) is 6.00. The predicted octanol–water partition coefficient (Wildman–Crippen LogP) is 3.64. The summed E-state index contributed by atoms with van der Waals surface area (Å²) in [5.74, 6) is 2.19. The van der Waals surface area contributed by atoms with E-state index in [1.54, 1.807) is 13.3 Å². The molecule has 0 amide bonds. The lowest BCUT2D eigenvalue weighted by Gasteiger charge is -2.36. The molecule has 2 atom stereocenters. The van der Waals surface area contributed by atoms with E-state index in [4.69, 9.17) is 19.2 Å². The first kappa shape index (κ1) is 20.7. The third kappa shape index (κ3) is 4.40. The molecule has 0 unspecified atom stereocenters. The third-order valence-electron chi connectivity index (χ3n) is 6.00. The van der Waals surface area contributed by atoms with Crippen molar-refractivity contribution in [1.29, 1.82) is 0 Å². The predicted molar refractivity (Wildman–Crippen MR) is 123 cm³/mol. The number of rotatable bonds is 5. The van der Waals surface area contributed by atoms with Crippen LogP contribution in [0.3, 0.4) is 0 Å². The molecule has 2 aliphatic rings. The highest BCUT2D eigenvalue weighted by Crippen LogP contribution is 2.33. The van der Waals surface area contributed by atoms with Crippen molar-refractivity contribution in [3.05, 3.63) is 78.0 Å². The molecule has 1 aromatic heterocycles. The fraction of sp³-hybridized carbons (Fsp3) is 0.360. The molecule has 3 aromatic rings. The van der Waals surface area contributed by atoms with Gasteiger partial charge in [-0.2, -0.15) is 4.98 Å². The molecule has 7 heteroatoms. The van der Waals surface area contributed by atoms with Crippen LogP contribution in [0.15, 0.2) is 66.9 Å². The van der Waals surface area contributed by atoms with E-state index < -0.39 is 0 Å². The van der Waals surface area contributed by atoms with Gasteiger partial charge in [0.1, 0.15) is 12.2 Å². The summed E-state index contributed by atoms with van der Waals surface area (Å²) < 4.78 is 17.7. The molecule has 2 aromatic carbocycles. The lowest BCUT2D eigenvalue weighted by molar-refractivity contribution is 0.0386. The van der Waals surface area contributed by atoms with Crippen LogP contribution in [0.2, 0.25) is 0 Å². The van der Waals surface area contributed by atoms with Gasteiger partial charge in [0.05, 0.1) is 33.1 Å². The Bertz CT molecular complexity index is 1020. The number of ether oxygens (including phenoxy) is 3. The van der Waals surface area contributed by atoms with E-state index in [1.807, 2.05) is 36.4 Å². The van der Waals surface area contributed by atoms with Crippen LogP contribution >= 0.6 is 0 Å². The minimum atomic E-state index is -0.00100. The van der Waals surface area contributed by atoms with Gasteiger partial charge in [-0.05, 0) is 11.1 Å². The number of methoxy groups -OCH3 is 1. The smallest absolute Gasteiger partial charge is 0.227 e. The number of benzene rings is 2. The largest absolute Gasteiger partial charge is 0.491 e. The molecular formula is C25H28N4O3. The molecule has 5 rings (SSSR count).